The van der Waals surface area contributed by atoms with Gasteiger partial charge in [-0.2, -0.15) is 0 Å². The third-order valence-electron chi connectivity index (χ3n) is 2.58. The highest BCUT2D eigenvalue weighted by Gasteiger charge is 2.04. The van der Waals surface area contributed by atoms with Crippen molar-refractivity contribution in [3.8, 4) is 5.88 Å². The summed E-state index contributed by atoms with van der Waals surface area (Å²) < 4.78 is 6.21. The lowest BCUT2D eigenvalue weighted by Gasteiger charge is -2.06. The van der Waals surface area contributed by atoms with Crippen LogP contribution in [-0.4, -0.2) is 28.0 Å². The molecule has 0 unspecified atom stereocenters. The highest BCUT2D eigenvalue weighted by molar-refractivity contribution is 5.87. The lowest BCUT2D eigenvalue weighted by atomic mass is 10.1. The topological polar surface area (TPSA) is 81.4 Å². The van der Waals surface area contributed by atoms with E-state index in [-0.39, 0.29) is 17.7 Å². The monoisotopic (exact) mass is 260 g/mol. The third kappa shape index (κ3) is 2.98. The molecule has 0 bridgehead atoms. The van der Waals surface area contributed by atoms with Crippen LogP contribution in [0, 0.1) is 0 Å². The minimum absolute atomic E-state index is 0.203. The number of nitrogens with zero attached hydrogens (tertiary/aromatic N) is 2. The summed E-state index contributed by atoms with van der Waals surface area (Å²) in [5.74, 6) is -0.634. The van der Waals surface area contributed by atoms with Gasteiger partial charge in [0.05, 0.1) is 19.2 Å². The Hall–Kier alpha value is -2.63. The van der Waals surface area contributed by atoms with Crippen molar-refractivity contribution in [1.29, 1.82) is 0 Å². The molecule has 0 atom stereocenters. The molecule has 1 aromatic heterocycles. The SMILES string of the molecule is COc1ccc(=O)n(Cc2ccc(C(=O)O)cc2)n1. The van der Waals surface area contributed by atoms with E-state index >= 15 is 0 Å². The van der Waals surface area contributed by atoms with Gasteiger partial charge in [-0.05, 0) is 17.7 Å². The van der Waals surface area contributed by atoms with Crippen LogP contribution in [0.1, 0.15) is 15.9 Å². The Labute approximate surface area is 108 Å². The molecule has 1 heterocycles. The Kier molecular flexibility index (Phi) is 3.61. The Bertz CT molecular complexity index is 646. The van der Waals surface area contributed by atoms with Crippen LogP contribution < -0.4 is 10.3 Å². The molecule has 0 amide bonds. The van der Waals surface area contributed by atoms with Gasteiger partial charge in [0.15, 0.2) is 0 Å². The van der Waals surface area contributed by atoms with Gasteiger partial charge in [-0.15, -0.1) is 5.10 Å². The Morgan fingerprint density at radius 1 is 1.26 bits per heavy atom. The summed E-state index contributed by atoms with van der Waals surface area (Å²) in [5, 5.41) is 12.8. The molecule has 0 saturated carbocycles. The number of ether oxygens (including phenoxy) is 1. The number of carboxylic acids is 1. The first-order valence-electron chi connectivity index (χ1n) is 5.54. The summed E-state index contributed by atoms with van der Waals surface area (Å²) >= 11 is 0. The summed E-state index contributed by atoms with van der Waals surface area (Å²) in [6, 6.07) is 9.14. The van der Waals surface area contributed by atoms with Crippen LogP contribution >= 0.6 is 0 Å². The smallest absolute Gasteiger partial charge is 0.335 e. The fraction of sp³-hybridized carbons (Fsp3) is 0.154. The minimum atomic E-state index is -0.983. The van der Waals surface area contributed by atoms with Crippen LogP contribution in [-0.2, 0) is 6.54 Å². The van der Waals surface area contributed by atoms with Gasteiger partial charge in [0, 0.05) is 12.1 Å². The van der Waals surface area contributed by atoms with Gasteiger partial charge in [0.2, 0.25) is 5.88 Å². The molecule has 0 radical (unpaired) electrons. The van der Waals surface area contributed by atoms with E-state index in [2.05, 4.69) is 5.10 Å². The summed E-state index contributed by atoms with van der Waals surface area (Å²) in [6.45, 7) is 0.260. The van der Waals surface area contributed by atoms with E-state index in [9.17, 15) is 9.59 Å². The number of aromatic nitrogens is 2. The summed E-state index contributed by atoms with van der Waals surface area (Å²) in [6.07, 6.45) is 0. The molecule has 1 N–H and O–H groups in total. The number of carbonyl (C=O) groups is 1. The Morgan fingerprint density at radius 2 is 1.95 bits per heavy atom. The maximum absolute atomic E-state index is 11.6. The molecule has 0 aliphatic heterocycles. The lowest BCUT2D eigenvalue weighted by Crippen LogP contribution is -2.22. The lowest BCUT2D eigenvalue weighted by molar-refractivity contribution is 0.0697. The van der Waals surface area contributed by atoms with E-state index in [1.807, 2.05) is 0 Å². The largest absolute Gasteiger partial charge is 0.480 e. The molecule has 6 nitrogen and oxygen atoms in total. The van der Waals surface area contributed by atoms with Gasteiger partial charge in [-0.3, -0.25) is 4.79 Å². The highest BCUT2D eigenvalue weighted by atomic mass is 16.5. The normalized spacial score (nSPS) is 10.2. The van der Waals surface area contributed by atoms with E-state index < -0.39 is 5.97 Å². The number of methoxy groups -OCH3 is 1. The fourth-order valence-corrected chi connectivity index (χ4v) is 1.58. The predicted octanol–water partition coefficient (Wildman–Crippen LogP) is 0.998. The van der Waals surface area contributed by atoms with Crippen LogP contribution in [0.5, 0.6) is 5.88 Å². The number of hydrogen-bond donors (Lipinski definition) is 1. The summed E-state index contributed by atoms with van der Waals surface area (Å²) in [4.78, 5) is 22.3. The molecule has 2 aromatic rings. The van der Waals surface area contributed by atoms with Crippen molar-refractivity contribution in [3.63, 3.8) is 0 Å². The van der Waals surface area contributed by atoms with Crippen LogP contribution in [0.4, 0.5) is 0 Å². The Balaban J connectivity index is 2.25. The van der Waals surface area contributed by atoms with Crippen molar-refractivity contribution in [2.75, 3.05) is 7.11 Å². The molecular formula is C13H12N2O4. The second-order valence-electron chi connectivity index (χ2n) is 3.87. The maximum Gasteiger partial charge on any atom is 0.335 e. The molecular weight excluding hydrogens is 248 g/mol. The van der Waals surface area contributed by atoms with Gasteiger partial charge < -0.3 is 9.84 Å². The molecule has 98 valence electrons. The van der Waals surface area contributed by atoms with Gasteiger partial charge in [-0.1, -0.05) is 12.1 Å². The molecule has 0 aliphatic carbocycles. The average molecular weight is 260 g/mol. The van der Waals surface area contributed by atoms with Crippen molar-refractivity contribution >= 4 is 5.97 Å². The second kappa shape index (κ2) is 5.34. The van der Waals surface area contributed by atoms with Crippen LogP contribution in [0.15, 0.2) is 41.2 Å². The molecule has 0 fully saturated rings. The van der Waals surface area contributed by atoms with Crippen LogP contribution in [0.3, 0.4) is 0 Å². The summed E-state index contributed by atoms with van der Waals surface area (Å²) in [5.41, 5.74) is 0.741. The van der Waals surface area contributed by atoms with E-state index in [1.54, 1.807) is 12.1 Å². The van der Waals surface area contributed by atoms with E-state index in [0.29, 0.717) is 5.88 Å². The first-order valence-corrected chi connectivity index (χ1v) is 5.54. The van der Waals surface area contributed by atoms with Gasteiger partial charge >= 0.3 is 5.97 Å². The maximum atomic E-state index is 11.6. The zero-order chi connectivity index (χ0) is 13.8. The number of rotatable bonds is 4. The van der Waals surface area contributed by atoms with Crippen molar-refractivity contribution < 1.29 is 14.6 Å². The molecule has 0 spiro atoms. The van der Waals surface area contributed by atoms with Crippen LogP contribution in [0.2, 0.25) is 0 Å². The quantitative estimate of drug-likeness (QED) is 0.886. The fourth-order valence-electron chi connectivity index (χ4n) is 1.58. The van der Waals surface area contributed by atoms with Crippen molar-refractivity contribution in [2.45, 2.75) is 6.54 Å². The molecule has 0 saturated heterocycles. The standard InChI is InChI=1S/C13H12N2O4/c1-19-11-6-7-12(16)15(14-11)8-9-2-4-10(5-3-9)13(17)18/h2-7H,8H2,1H3,(H,17,18). The number of aromatic carboxylic acids is 1. The molecule has 6 heteroatoms. The predicted molar refractivity (Wildman–Crippen MR) is 67.6 cm³/mol. The van der Waals surface area contributed by atoms with Gasteiger partial charge in [0.25, 0.3) is 5.56 Å². The third-order valence-corrected chi connectivity index (χ3v) is 2.58. The van der Waals surface area contributed by atoms with E-state index in [1.165, 1.54) is 36.1 Å². The van der Waals surface area contributed by atoms with Crippen molar-refractivity contribution in [2.24, 2.45) is 0 Å². The van der Waals surface area contributed by atoms with Crippen molar-refractivity contribution in [1.82, 2.24) is 9.78 Å². The van der Waals surface area contributed by atoms with E-state index in [0.717, 1.165) is 5.56 Å². The Morgan fingerprint density at radius 3 is 2.53 bits per heavy atom. The minimum Gasteiger partial charge on any atom is -0.480 e. The first kappa shape index (κ1) is 12.8. The van der Waals surface area contributed by atoms with E-state index in [4.69, 9.17) is 9.84 Å². The molecule has 2 rings (SSSR count). The number of benzene rings is 1. The average Bonchev–Trinajstić information content (AvgIpc) is 2.42. The zero-order valence-electron chi connectivity index (χ0n) is 10.2. The molecule has 1 aromatic carbocycles. The van der Waals surface area contributed by atoms with Gasteiger partial charge in [0.1, 0.15) is 0 Å². The molecule has 19 heavy (non-hydrogen) atoms. The second-order valence-corrected chi connectivity index (χ2v) is 3.87. The molecule has 0 aliphatic rings. The number of hydrogen-bond acceptors (Lipinski definition) is 4. The first-order chi connectivity index (χ1) is 9.10. The highest BCUT2D eigenvalue weighted by Crippen LogP contribution is 2.06. The number of carboxylic acid groups (broad SMARTS) is 1. The van der Waals surface area contributed by atoms with Crippen molar-refractivity contribution in [3.05, 3.63) is 57.9 Å². The van der Waals surface area contributed by atoms with Gasteiger partial charge in [-0.25, -0.2) is 9.48 Å². The van der Waals surface area contributed by atoms with Crippen LogP contribution in [0.25, 0.3) is 0 Å². The zero-order valence-corrected chi connectivity index (χ0v) is 10.2. The summed E-state index contributed by atoms with van der Waals surface area (Å²) in [7, 11) is 1.47.